The minimum absolute atomic E-state index is 0.362. The van der Waals surface area contributed by atoms with Crippen molar-refractivity contribution in [1.82, 2.24) is 0 Å². The van der Waals surface area contributed by atoms with Crippen LogP contribution in [-0.2, 0) is 6.42 Å². The highest BCUT2D eigenvalue weighted by Gasteiger charge is 2.37. The van der Waals surface area contributed by atoms with Gasteiger partial charge in [-0.05, 0) is 61.6 Å². The number of anilines is 1. The molecule has 1 aliphatic carbocycles. The van der Waals surface area contributed by atoms with E-state index >= 15 is 0 Å². The van der Waals surface area contributed by atoms with Gasteiger partial charge >= 0.3 is 0 Å². The van der Waals surface area contributed by atoms with Gasteiger partial charge < -0.3 is 10.1 Å². The van der Waals surface area contributed by atoms with Crippen LogP contribution in [0.1, 0.15) is 102 Å². The Morgan fingerprint density at radius 3 is 2.33 bits per heavy atom. The van der Waals surface area contributed by atoms with E-state index in [9.17, 15) is 0 Å². The van der Waals surface area contributed by atoms with E-state index in [1.807, 2.05) is 0 Å². The van der Waals surface area contributed by atoms with Gasteiger partial charge in [0.2, 0.25) is 0 Å². The summed E-state index contributed by atoms with van der Waals surface area (Å²) < 4.78 is 6.17. The summed E-state index contributed by atoms with van der Waals surface area (Å²) in [6, 6.07) is 2.41. The molecule has 1 heterocycles. The van der Waals surface area contributed by atoms with E-state index in [0.717, 1.165) is 6.61 Å². The van der Waals surface area contributed by atoms with Gasteiger partial charge in [0.25, 0.3) is 0 Å². The number of fused-ring (bicyclic) bond motifs is 1. The summed E-state index contributed by atoms with van der Waals surface area (Å²) in [6.45, 7) is 12.0. The van der Waals surface area contributed by atoms with Crippen LogP contribution in [0.4, 0.5) is 5.69 Å². The molecule has 0 saturated heterocycles. The average Bonchev–Trinajstić information content (AvgIpc) is 2.54. The molecule has 3 rings (SSSR count). The fraction of sp³-hybridized carbons (Fsp3) is 0.727. The Morgan fingerprint density at radius 2 is 1.75 bits per heavy atom. The van der Waals surface area contributed by atoms with Gasteiger partial charge in [-0.15, -0.1) is 0 Å². The van der Waals surface area contributed by atoms with Crippen LogP contribution in [0.25, 0.3) is 0 Å². The van der Waals surface area contributed by atoms with E-state index in [1.165, 1.54) is 73.1 Å². The second kappa shape index (κ2) is 6.98. The molecule has 1 spiro atoms. The van der Waals surface area contributed by atoms with Crippen molar-refractivity contribution in [2.24, 2.45) is 0 Å². The Labute approximate surface area is 148 Å². The molecule has 0 bridgehead atoms. The second-order valence-corrected chi connectivity index (χ2v) is 8.44. The van der Waals surface area contributed by atoms with E-state index in [2.05, 4.69) is 46.0 Å². The lowest BCUT2D eigenvalue weighted by molar-refractivity contribution is 0.295. The Balaban J connectivity index is 2.09. The molecule has 134 valence electrons. The van der Waals surface area contributed by atoms with E-state index in [1.54, 1.807) is 0 Å². The van der Waals surface area contributed by atoms with Gasteiger partial charge in [0, 0.05) is 16.8 Å². The fourth-order valence-electron chi connectivity index (χ4n) is 4.79. The minimum atomic E-state index is 0.362. The molecule has 2 aliphatic rings. The summed E-state index contributed by atoms with van der Waals surface area (Å²) in [5, 5.41) is 4.02. The maximum Gasteiger partial charge on any atom is 0.126 e. The zero-order valence-corrected chi connectivity index (χ0v) is 16.3. The Bertz CT molecular complexity index is 582. The van der Waals surface area contributed by atoms with Crippen molar-refractivity contribution in [3.05, 3.63) is 22.8 Å². The lowest BCUT2D eigenvalue weighted by atomic mass is 9.73. The first-order chi connectivity index (χ1) is 11.5. The van der Waals surface area contributed by atoms with E-state index < -0.39 is 0 Å². The zero-order valence-electron chi connectivity index (χ0n) is 16.3. The zero-order chi connectivity index (χ0) is 17.3. The third-order valence-electron chi connectivity index (χ3n) is 6.01. The van der Waals surface area contributed by atoms with Gasteiger partial charge in [0.05, 0.1) is 6.61 Å². The molecule has 0 amide bonds. The normalized spacial score (nSPS) is 19.5. The Hall–Kier alpha value is -1.18. The van der Waals surface area contributed by atoms with E-state index in [0.29, 0.717) is 17.4 Å². The van der Waals surface area contributed by atoms with Gasteiger partial charge in [0.1, 0.15) is 5.75 Å². The number of nitrogens with one attached hydrogen (secondary N) is 1. The number of benzene rings is 1. The highest BCUT2D eigenvalue weighted by atomic mass is 16.5. The van der Waals surface area contributed by atoms with Crippen LogP contribution in [0.2, 0.25) is 0 Å². The topological polar surface area (TPSA) is 21.3 Å². The number of hydrogen-bond acceptors (Lipinski definition) is 2. The molecule has 1 aromatic rings. The predicted molar refractivity (Wildman–Crippen MR) is 104 cm³/mol. The van der Waals surface area contributed by atoms with E-state index in [4.69, 9.17) is 4.74 Å². The molecule has 0 aromatic heterocycles. The fourth-order valence-corrected chi connectivity index (χ4v) is 4.79. The highest BCUT2D eigenvalue weighted by Crippen LogP contribution is 2.47. The largest absolute Gasteiger partial charge is 0.493 e. The highest BCUT2D eigenvalue weighted by molar-refractivity contribution is 5.66. The molecule has 2 nitrogen and oxygen atoms in total. The van der Waals surface area contributed by atoms with Gasteiger partial charge in [0.15, 0.2) is 0 Å². The van der Waals surface area contributed by atoms with Gasteiger partial charge in [-0.1, -0.05) is 47.0 Å². The summed E-state index contributed by atoms with van der Waals surface area (Å²) >= 11 is 0. The summed E-state index contributed by atoms with van der Waals surface area (Å²) in [4.78, 5) is 0. The maximum atomic E-state index is 6.17. The predicted octanol–water partition coefficient (Wildman–Crippen LogP) is 6.39. The van der Waals surface area contributed by atoms with Crippen LogP contribution in [0.15, 0.2) is 6.07 Å². The van der Waals surface area contributed by atoms with Crippen LogP contribution in [0.5, 0.6) is 5.75 Å². The van der Waals surface area contributed by atoms with Gasteiger partial charge in [-0.3, -0.25) is 0 Å². The smallest absolute Gasteiger partial charge is 0.126 e. The number of hydrogen-bond donors (Lipinski definition) is 1. The molecule has 0 radical (unpaired) electrons. The second-order valence-electron chi connectivity index (χ2n) is 8.44. The maximum absolute atomic E-state index is 6.17. The van der Waals surface area contributed by atoms with Crippen molar-refractivity contribution >= 4 is 5.69 Å². The molecule has 0 unspecified atom stereocenters. The van der Waals surface area contributed by atoms with Crippen LogP contribution in [0, 0.1) is 0 Å². The molecule has 1 saturated carbocycles. The van der Waals surface area contributed by atoms with Crippen molar-refractivity contribution in [1.29, 1.82) is 0 Å². The summed E-state index contributed by atoms with van der Waals surface area (Å²) in [5.74, 6) is 2.16. The third kappa shape index (κ3) is 3.17. The van der Waals surface area contributed by atoms with Gasteiger partial charge in [-0.25, -0.2) is 0 Å². The molecular weight excluding hydrogens is 294 g/mol. The molecular formula is C22H35NO. The molecule has 0 atom stereocenters. The standard InChI is InChI=1S/C22H35NO/c1-6-24-21-18(15(2)3)14-19-17(20(21)16(4)5)10-13-22(23-19)11-8-7-9-12-22/h14-16,23H,6-13H2,1-5H3. The molecule has 24 heavy (non-hydrogen) atoms. The monoisotopic (exact) mass is 329 g/mol. The summed E-state index contributed by atoms with van der Waals surface area (Å²) in [5.41, 5.74) is 6.12. The lowest BCUT2D eigenvalue weighted by Gasteiger charge is -2.44. The van der Waals surface area contributed by atoms with Crippen molar-refractivity contribution < 1.29 is 4.74 Å². The minimum Gasteiger partial charge on any atom is -0.493 e. The SMILES string of the molecule is CCOc1c(C(C)C)cc2c(c1C(C)C)CCC1(CCCCC1)N2. The molecule has 1 fully saturated rings. The van der Waals surface area contributed by atoms with Crippen molar-refractivity contribution in [2.45, 2.75) is 96.9 Å². The van der Waals surface area contributed by atoms with Crippen molar-refractivity contribution in [2.75, 3.05) is 11.9 Å². The first kappa shape index (κ1) is 17.6. The molecule has 1 aromatic carbocycles. The molecule has 1 aliphatic heterocycles. The quantitative estimate of drug-likeness (QED) is 0.690. The van der Waals surface area contributed by atoms with Crippen LogP contribution < -0.4 is 10.1 Å². The van der Waals surface area contributed by atoms with Crippen molar-refractivity contribution in [3.63, 3.8) is 0 Å². The number of rotatable bonds is 4. The first-order valence-electron chi connectivity index (χ1n) is 10.1. The lowest BCUT2D eigenvalue weighted by Crippen LogP contribution is -2.43. The first-order valence-corrected chi connectivity index (χ1v) is 10.1. The van der Waals surface area contributed by atoms with Crippen LogP contribution >= 0.6 is 0 Å². The van der Waals surface area contributed by atoms with E-state index in [-0.39, 0.29) is 0 Å². The number of ether oxygens (including phenoxy) is 1. The summed E-state index contributed by atoms with van der Waals surface area (Å²) in [7, 11) is 0. The molecule has 2 heteroatoms. The van der Waals surface area contributed by atoms with Crippen LogP contribution in [0.3, 0.4) is 0 Å². The Kier molecular flexibility index (Phi) is 5.13. The Morgan fingerprint density at radius 1 is 1.04 bits per heavy atom. The third-order valence-corrected chi connectivity index (χ3v) is 6.01. The van der Waals surface area contributed by atoms with Crippen molar-refractivity contribution in [3.8, 4) is 5.75 Å². The molecule has 1 N–H and O–H groups in total. The summed E-state index contributed by atoms with van der Waals surface area (Å²) in [6.07, 6.45) is 9.34. The average molecular weight is 330 g/mol. The van der Waals surface area contributed by atoms with Gasteiger partial charge in [-0.2, -0.15) is 0 Å². The van der Waals surface area contributed by atoms with Crippen LogP contribution in [-0.4, -0.2) is 12.1 Å².